The predicted octanol–water partition coefficient (Wildman–Crippen LogP) is 2.59. The van der Waals surface area contributed by atoms with Crippen LogP contribution in [-0.4, -0.2) is 38.6 Å². The summed E-state index contributed by atoms with van der Waals surface area (Å²) in [5.41, 5.74) is 2.17. The van der Waals surface area contributed by atoms with Gasteiger partial charge in [0.2, 0.25) is 5.95 Å². The summed E-state index contributed by atoms with van der Waals surface area (Å²) in [7, 11) is 0. The minimum absolute atomic E-state index is 0.191. The Hall–Kier alpha value is -2.67. The van der Waals surface area contributed by atoms with Crippen LogP contribution in [0.25, 0.3) is 11.2 Å². The Bertz CT molecular complexity index is 837. The Labute approximate surface area is 143 Å². The Morgan fingerprint density at radius 1 is 1.33 bits per heavy atom. The van der Waals surface area contributed by atoms with Crippen molar-refractivity contribution in [1.29, 1.82) is 0 Å². The quantitative estimate of drug-likeness (QED) is 0.527. The van der Waals surface area contributed by atoms with Gasteiger partial charge in [-0.15, -0.1) is 0 Å². The van der Waals surface area contributed by atoms with Crippen molar-refractivity contribution in [2.24, 2.45) is 0 Å². The molecule has 1 aromatic carbocycles. The molecule has 0 amide bonds. The molecule has 24 heavy (non-hydrogen) atoms. The number of aromatic amines is 1. The van der Waals surface area contributed by atoms with Gasteiger partial charge in [-0.3, -0.25) is 4.79 Å². The minimum Gasteiger partial charge on any atom is -0.464 e. The summed E-state index contributed by atoms with van der Waals surface area (Å²) in [6, 6.07) is 9.69. The van der Waals surface area contributed by atoms with Crippen LogP contribution in [0.4, 0.5) is 5.95 Å². The number of carbonyl (C=O) groups is 1. The Kier molecular flexibility index (Phi) is 4.90. The van der Waals surface area contributed by atoms with E-state index in [1.165, 1.54) is 13.3 Å². The van der Waals surface area contributed by atoms with Crippen LogP contribution in [0.3, 0.4) is 0 Å². The number of fused-ring (bicyclic) bond motifs is 1. The number of benzene rings is 1. The van der Waals surface area contributed by atoms with E-state index in [0.717, 1.165) is 5.56 Å². The number of halogens is 1. The van der Waals surface area contributed by atoms with E-state index < -0.39 is 0 Å². The SMILES string of the molecule is CC(=O)OC[C@H](Cc1ccccc1)Nc1nc(Cl)c2[nH]cnc2n1. The van der Waals surface area contributed by atoms with Crippen LogP contribution in [0.15, 0.2) is 36.7 Å². The van der Waals surface area contributed by atoms with E-state index in [2.05, 4.69) is 25.3 Å². The fraction of sp³-hybridized carbons (Fsp3) is 0.250. The van der Waals surface area contributed by atoms with Gasteiger partial charge in [-0.25, -0.2) is 4.98 Å². The maximum Gasteiger partial charge on any atom is 0.302 e. The molecule has 2 N–H and O–H groups in total. The van der Waals surface area contributed by atoms with Crippen LogP contribution in [0.2, 0.25) is 5.15 Å². The highest BCUT2D eigenvalue weighted by Gasteiger charge is 2.15. The Morgan fingerprint density at radius 2 is 2.12 bits per heavy atom. The number of hydrogen-bond acceptors (Lipinski definition) is 6. The van der Waals surface area contributed by atoms with E-state index >= 15 is 0 Å². The molecular formula is C16H16ClN5O2. The van der Waals surface area contributed by atoms with Crippen molar-refractivity contribution in [3.63, 3.8) is 0 Å². The first kappa shape index (κ1) is 16.2. The topological polar surface area (TPSA) is 92.8 Å². The van der Waals surface area contributed by atoms with E-state index in [1.807, 2.05) is 30.3 Å². The van der Waals surface area contributed by atoms with Crippen molar-refractivity contribution in [1.82, 2.24) is 19.9 Å². The lowest BCUT2D eigenvalue weighted by Crippen LogP contribution is -2.30. The number of rotatable bonds is 6. The van der Waals surface area contributed by atoms with Gasteiger partial charge in [-0.05, 0) is 12.0 Å². The normalized spacial score (nSPS) is 12.1. The van der Waals surface area contributed by atoms with Gasteiger partial charge in [0.05, 0.1) is 12.4 Å². The van der Waals surface area contributed by atoms with Crippen molar-refractivity contribution in [2.45, 2.75) is 19.4 Å². The van der Waals surface area contributed by atoms with Crippen LogP contribution in [-0.2, 0) is 16.0 Å². The van der Waals surface area contributed by atoms with Crippen molar-refractivity contribution in [2.75, 3.05) is 11.9 Å². The molecular weight excluding hydrogens is 330 g/mol. The minimum atomic E-state index is -0.337. The number of H-pyrrole nitrogens is 1. The van der Waals surface area contributed by atoms with Crippen LogP contribution in [0, 0.1) is 0 Å². The van der Waals surface area contributed by atoms with Crippen LogP contribution < -0.4 is 5.32 Å². The van der Waals surface area contributed by atoms with Crippen molar-refractivity contribution < 1.29 is 9.53 Å². The van der Waals surface area contributed by atoms with Gasteiger partial charge in [-0.1, -0.05) is 41.9 Å². The number of nitrogens with one attached hydrogen (secondary N) is 2. The fourth-order valence-electron chi connectivity index (χ4n) is 2.31. The highest BCUT2D eigenvalue weighted by molar-refractivity contribution is 6.33. The molecule has 0 saturated heterocycles. The lowest BCUT2D eigenvalue weighted by Gasteiger charge is -2.18. The second kappa shape index (κ2) is 7.27. The molecule has 1 atom stereocenters. The first-order valence-electron chi connectivity index (χ1n) is 7.42. The summed E-state index contributed by atoms with van der Waals surface area (Å²) in [4.78, 5) is 26.6. The number of carbonyl (C=O) groups excluding carboxylic acids is 1. The van der Waals surface area contributed by atoms with E-state index in [4.69, 9.17) is 16.3 Å². The maximum atomic E-state index is 11.1. The van der Waals surface area contributed by atoms with E-state index in [1.54, 1.807) is 0 Å². The summed E-state index contributed by atoms with van der Waals surface area (Å²) in [6.07, 6.45) is 2.16. The molecule has 124 valence electrons. The molecule has 0 unspecified atom stereocenters. The van der Waals surface area contributed by atoms with E-state index in [0.29, 0.717) is 23.5 Å². The summed E-state index contributed by atoms with van der Waals surface area (Å²) in [6.45, 7) is 1.58. The van der Waals surface area contributed by atoms with Crippen LogP contribution in [0.5, 0.6) is 0 Å². The lowest BCUT2D eigenvalue weighted by atomic mass is 10.1. The number of ether oxygens (including phenoxy) is 1. The predicted molar refractivity (Wildman–Crippen MR) is 90.9 cm³/mol. The first-order chi connectivity index (χ1) is 11.6. The average molecular weight is 346 g/mol. The molecule has 2 heterocycles. The van der Waals surface area contributed by atoms with Gasteiger partial charge in [0, 0.05) is 6.92 Å². The van der Waals surface area contributed by atoms with Crippen molar-refractivity contribution in [3.8, 4) is 0 Å². The van der Waals surface area contributed by atoms with Crippen molar-refractivity contribution in [3.05, 3.63) is 47.4 Å². The third kappa shape index (κ3) is 3.99. The molecule has 3 aromatic rings. The van der Waals surface area contributed by atoms with E-state index in [-0.39, 0.29) is 23.8 Å². The standard InChI is InChI=1S/C16H16ClN5O2/c1-10(23)24-8-12(7-11-5-3-2-4-6-11)20-16-21-14(17)13-15(22-16)19-9-18-13/h2-6,9,12H,7-8H2,1H3,(H2,18,19,20,21,22)/t12-/m0/s1. The largest absolute Gasteiger partial charge is 0.464 e. The molecule has 0 aliphatic carbocycles. The summed E-state index contributed by atoms with van der Waals surface area (Å²) >= 11 is 6.13. The highest BCUT2D eigenvalue weighted by atomic mass is 35.5. The summed E-state index contributed by atoms with van der Waals surface area (Å²) < 4.78 is 5.14. The molecule has 0 spiro atoms. The van der Waals surface area contributed by atoms with Gasteiger partial charge in [0.15, 0.2) is 10.8 Å². The van der Waals surface area contributed by atoms with Crippen LogP contribution in [0.1, 0.15) is 12.5 Å². The second-order valence-corrected chi connectivity index (χ2v) is 5.63. The number of imidazole rings is 1. The number of nitrogens with zero attached hydrogens (tertiary/aromatic N) is 3. The van der Waals surface area contributed by atoms with Gasteiger partial charge >= 0.3 is 5.97 Å². The molecule has 0 aliphatic heterocycles. The zero-order chi connectivity index (χ0) is 16.9. The number of anilines is 1. The smallest absolute Gasteiger partial charge is 0.302 e. The Morgan fingerprint density at radius 3 is 2.88 bits per heavy atom. The van der Waals surface area contributed by atoms with Crippen molar-refractivity contribution >= 4 is 34.7 Å². The Balaban J connectivity index is 1.79. The molecule has 0 aliphatic rings. The fourth-order valence-corrected chi connectivity index (χ4v) is 2.53. The number of aromatic nitrogens is 4. The maximum absolute atomic E-state index is 11.1. The molecule has 2 aromatic heterocycles. The first-order valence-corrected chi connectivity index (χ1v) is 7.80. The zero-order valence-electron chi connectivity index (χ0n) is 13.0. The molecule has 8 heteroatoms. The summed E-state index contributed by atoms with van der Waals surface area (Å²) in [5.74, 6) is 0.00393. The summed E-state index contributed by atoms with van der Waals surface area (Å²) in [5, 5.41) is 3.45. The molecule has 0 fully saturated rings. The molecule has 0 radical (unpaired) electrons. The third-order valence-corrected chi connectivity index (χ3v) is 3.66. The molecule has 3 rings (SSSR count). The third-order valence-electron chi connectivity index (χ3n) is 3.39. The lowest BCUT2D eigenvalue weighted by molar-refractivity contribution is -0.141. The average Bonchev–Trinajstić information content (AvgIpc) is 3.02. The second-order valence-electron chi connectivity index (χ2n) is 5.27. The zero-order valence-corrected chi connectivity index (χ0v) is 13.7. The van der Waals surface area contributed by atoms with Gasteiger partial charge < -0.3 is 15.0 Å². The van der Waals surface area contributed by atoms with Gasteiger partial charge in [-0.2, -0.15) is 9.97 Å². The number of esters is 1. The molecule has 7 nitrogen and oxygen atoms in total. The van der Waals surface area contributed by atoms with Crippen LogP contribution >= 0.6 is 11.6 Å². The molecule has 0 bridgehead atoms. The monoisotopic (exact) mass is 345 g/mol. The molecule has 0 saturated carbocycles. The van der Waals surface area contributed by atoms with Gasteiger partial charge in [0.25, 0.3) is 0 Å². The van der Waals surface area contributed by atoms with E-state index in [9.17, 15) is 4.79 Å². The van der Waals surface area contributed by atoms with Gasteiger partial charge in [0.1, 0.15) is 12.1 Å². The number of hydrogen-bond donors (Lipinski definition) is 2. The highest BCUT2D eigenvalue weighted by Crippen LogP contribution is 2.19.